The number of pyridine rings is 1. The van der Waals surface area contributed by atoms with E-state index in [1.807, 2.05) is 0 Å². The Kier molecular flexibility index (Phi) is 8.45. The quantitative estimate of drug-likeness (QED) is 0.338. The van der Waals surface area contributed by atoms with Gasteiger partial charge in [0.2, 0.25) is 5.88 Å². The van der Waals surface area contributed by atoms with E-state index in [1.54, 1.807) is 24.8 Å². The Morgan fingerprint density at radius 1 is 1.27 bits per heavy atom. The molecule has 2 N–H and O–H groups in total. The van der Waals surface area contributed by atoms with Crippen molar-refractivity contribution in [2.24, 2.45) is 11.8 Å². The van der Waals surface area contributed by atoms with E-state index < -0.39 is 30.3 Å². The summed E-state index contributed by atoms with van der Waals surface area (Å²) in [6.07, 6.45) is 0.632. The lowest BCUT2D eigenvalue weighted by Crippen LogP contribution is -2.54. The molecule has 2 atom stereocenters. The Morgan fingerprint density at radius 2 is 2.00 bits per heavy atom. The Morgan fingerprint density at radius 3 is 2.58 bits per heavy atom. The van der Waals surface area contributed by atoms with E-state index in [4.69, 9.17) is 9.47 Å². The standard InChI is InChI=1S/C23H33F2N3O5/c1-3-23(4-2,22(31)32-9-5-8-24)27-20(30)18-6-7-19(28-11-17(25)12-28)21(26-18)33-14-16-10-15(16)13-29/h6-7,15-17,29H,3-5,8-14H2,1-2H3,(H,27,30)/t15-,16-/m1/s1. The lowest BCUT2D eigenvalue weighted by Gasteiger charge is -2.37. The summed E-state index contributed by atoms with van der Waals surface area (Å²) in [6.45, 7) is 3.77. The number of hydrogen-bond acceptors (Lipinski definition) is 7. The van der Waals surface area contributed by atoms with Gasteiger partial charge in [-0.3, -0.25) is 9.18 Å². The number of alkyl halides is 2. The van der Waals surface area contributed by atoms with Gasteiger partial charge in [-0.25, -0.2) is 14.2 Å². The summed E-state index contributed by atoms with van der Waals surface area (Å²) in [5, 5.41) is 12.0. The lowest BCUT2D eigenvalue weighted by atomic mass is 9.92. The summed E-state index contributed by atoms with van der Waals surface area (Å²) < 4.78 is 36.8. The Labute approximate surface area is 192 Å². The van der Waals surface area contributed by atoms with Crippen LogP contribution in [-0.4, -0.2) is 73.3 Å². The second-order valence-corrected chi connectivity index (χ2v) is 8.69. The zero-order valence-electron chi connectivity index (χ0n) is 19.2. The van der Waals surface area contributed by atoms with Crippen molar-refractivity contribution in [1.82, 2.24) is 10.3 Å². The molecular weight excluding hydrogens is 436 g/mol. The number of amides is 1. The van der Waals surface area contributed by atoms with Crippen molar-refractivity contribution < 1.29 is 33.0 Å². The van der Waals surface area contributed by atoms with Gasteiger partial charge < -0.3 is 24.8 Å². The first-order valence-electron chi connectivity index (χ1n) is 11.6. The third-order valence-electron chi connectivity index (χ3n) is 6.45. The van der Waals surface area contributed by atoms with E-state index in [-0.39, 0.29) is 56.1 Å². The predicted octanol–water partition coefficient (Wildman–Crippen LogP) is 2.44. The van der Waals surface area contributed by atoms with Gasteiger partial charge in [0.1, 0.15) is 23.1 Å². The molecule has 2 fully saturated rings. The molecule has 1 aliphatic carbocycles. The van der Waals surface area contributed by atoms with Crippen LogP contribution in [0, 0.1) is 11.8 Å². The fourth-order valence-electron chi connectivity index (χ4n) is 3.86. The van der Waals surface area contributed by atoms with Gasteiger partial charge >= 0.3 is 5.97 Å². The second kappa shape index (κ2) is 11.1. The fraction of sp³-hybridized carbons (Fsp3) is 0.696. The molecule has 1 aromatic rings. The summed E-state index contributed by atoms with van der Waals surface area (Å²) in [6, 6.07) is 3.18. The Balaban J connectivity index is 1.75. The third kappa shape index (κ3) is 5.90. The highest BCUT2D eigenvalue weighted by Crippen LogP contribution is 2.39. The minimum absolute atomic E-state index is 0.0563. The number of carbonyl (C=O) groups is 2. The van der Waals surface area contributed by atoms with Gasteiger partial charge in [0.05, 0.1) is 33.0 Å². The highest BCUT2D eigenvalue weighted by atomic mass is 19.1. The maximum absolute atomic E-state index is 13.4. The molecule has 0 unspecified atom stereocenters. The minimum Gasteiger partial charge on any atom is -0.476 e. The van der Waals surface area contributed by atoms with Gasteiger partial charge in [-0.1, -0.05) is 13.8 Å². The van der Waals surface area contributed by atoms with Crippen molar-refractivity contribution >= 4 is 17.6 Å². The Hall–Kier alpha value is -2.49. The smallest absolute Gasteiger partial charge is 0.331 e. The fourth-order valence-corrected chi connectivity index (χ4v) is 3.86. The SMILES string of the molecule is CCC(CC)(NC(=O)c1ccc(N2CC(F)C2)c(OC[C@H]2C[C@@H]2CO)n1)C(=O)OCCCF. The monoisotopic (exact) mass is 469 g/mol. The van der Waals surface area contributed by atoms with Crippen LogP contribution in [0.2, 0.25) is 0 Å². The number of aromatic nitrogens is 1. The van der Waals surface area contributed by atoms with Gasteiger partial charge in [0, 0.05) is 13.0 Å². The normalized spacial score (nSPS) is 20.2. The molecule has 1 saturated carbocycles. The maximum atomic E-state index is 13.4. The van der Waals surface area contributed by atoms with Crippen LogP contribution in [0.15, 0.2) is 12.1 Å². The van der Waals surface area contributed by atoms with Crippen LogP contribution in [0.3, 0.4) is 0 Å². The van der Waals surface area contributed by atoms with Gasteiger partial charge in [-0.05, 0) is 43.2 Å². The summed E-state index contributed by atoms with van der Waals surface area (Å²) in [4.78, 5) is 31.8. The van der Waals surface area contributed by atoms with Gasteiger partial charge in [-0.2, -0.15) is 0 Å². The van der Waals surface area contributed by atoms with E-state index in [9.17, 15) is 23.5 Å². The van der Waals surface area contributed by atoms with Crippen molar-refractivity contribution in [2.45, 2.75) is 51.2 Å². The number of carbonyl (C=O) groups excluding carboxylic acids is 2. The van der Waals surface area contributed by atoms with E-state index >= 15 is 0 Å². The topological polar surface area (TPSA) is 101 Å². The van der Waals surface area contributed by atoms with E-state index in [2.05, 4.69) is 10.3 Å². The number of aliphatic hydroxyl groups excluding tert-OH is 1. The maximum Gasteiger partial charge on any atom is 0.331 e. The van der Waals surface area contributed by atoms with E-state index in [0.717, 1.165) is 6.42 Å². The number of aliphatic hydroxyl groups is 1. The van der Waals surface area contributed by atoms with Crippen molar-refractivity contribution in [3.63, 3.8) is 0 Å². The number of ether oxygens (including phenoxy) is 2. The molecule has 0 spiro atoms. The average Bonchev–Trinajstić information content (AvgIpc) is 3.57. The zero-order chi connectivity index (χ0) is 24.0. The molecule has 3 rings (SSSR count). The first-order chi connectivity index (χ1) is 15.9. The van der Waals surface area contributed by atoms with Crippen molar-refractivity contribution in [1.29, 1.82) is 0 Å². The number of rotatable bonds is 13. The lowest BCUT2D eigenvalue weighted by molar-refractivity contribution is -0.152. The number of nitrogens with zero attached hydrogens (tertiary/aromatic N) is 2. The van der Waals surface area contributed by atoms with Crippen LogP contribution in [0.4, 0.5) is 14.5 Å². The molecule has 8 nitrogen and oxygen atoms in total. The first-order valence-corrected chi connectivity index (χ1v) is 11.6. The average molecular weight is 470 g/mol. The largest absolute Gasteiger partial charge is 0.476 e. The number of hydrogen-bond donors (Lipinski definition) is 2. The highest BCUT2D eigenvalue weighted by molar-refractivity contribution is 5.97. The molecule has 1 aliphatic heterocycles. The van der Waals surface area contributed by atoms with Gasteiger partial charge in [0.25, 0.3) is 5.91 Å². The molecule has 2 aliphatic rings. The summed E-state index contributed by atoms with van der Waals surface area (Å²) >= 11 is 0. The van der Waals surface area contributed by atoms with E-state index in [1.165, 1.54) is 6.07 Å². The van der Waals surface area contributed by atoms with Crippen LogP contribution >= 0.6 is 0 Å². The van der Waals surface area contributed by atoms with Crippen LogP contribution in [-0.2, 0) is 9.53 Å². The molecule has 1 amide bonds. The molecule has 0 aromatic carbocycles. The highest BCUT2D eigenvalue weighted by Gasteiger charge is 2.40. The summed E-state index contributed by atoms with van der Waals surface area (Å²) in [5.74, 6) is -0.524. The van der Waals surface area contributed by atoms with Crippen molar-refractivity contribution in [3.05, 3.63) is 17.8 Å². The number of anilines is 1. The van der Waals surface area contributed by atoms with Crippen LogP contribution < -0.4 is 15.0 Å². The van der Waals surface area contributed by atoms with Crippen LogP contribution in [0.25, 0.3) is 0 Å². The molecule has 33 heavy (non-hydrogen) atoms. The molecule has 10 heteroatoms. The van der Waals surface area contributed by atoms with Crippen molar-refractivity contribution in [2.75, 3.05) is 44.5 Å². The predicted molar refractivity (Wildman–Crippen MR) is 118 cm³/mol. The third-order valence-corrected chi connectivity index (χ3v) is 6.45. The minimum atomic E-state index is -1.25. The number of halogens is 2. The molecular formula is C23H33F2N3O5. The van der Waals surface area contributed by atoms with E-state index in [0.29, 0.717) is 25.1 Å². The zero-order valence-corrected chi connectivity index (χ0v) is 19.2. The summed E-state index contributed by atoms with van der Waals surface area (Å²) in [7, 11) is 0. The van der Waals surface area contributed by atoms with Gasteiger partial charge in [-0.15, -0.1) is 0 Å². The Bertz CT molecular complexity index is 830. The molecule has 184 valence electrons. The molecule has 0 radical (unpaired) electrons. The molecule has 0 bridgehead atoms. The number of esters is 1. The molecule has 2 heterocycles. The van der Waals surface area contributed by atoms with Crippen molar-refractivity contribution in [3.8, 4) is 5.88 Å². The van der Waals surface area contributed by atoms with Crippen LogP contribution in [0.5, 0.6) is 5.88 Å². The summed E-state index contributed by atoms with van der Waals surface area (Å²) in [5.41, 5.74) is -0.594. The van der Waals surface area contributed by atoms with Crippen LogP contribution in [0.1, 0.15) is 50.0 Å². The molecule has 1 saturated heterocycles. The second-order valence-electron chi connectivity index (χ2n) is 8.69. The first kappa shape index (κ1) is 25.1. The molecule has 1 aromatic heterocycles. The van der Waals surface area contributed by atoms with Gasteiger partial charge in [0.15, 0.2) is 0 Å². The number of nitrogens with one attached hydrogen (secondary N) is 1.